The average Bonchev–Trinajstić information content (AvgIpc) is 2.29. The maximum Gasteiger partial charge on any atom is 0.0800 e. The largest absolute Gasteiger partial charge is 0.392 e. The van der Waals surface area contributed by atoms with Crippen LogP contribution in [0.25, 0.3) is 0 Å². The summed E-state index contributed by atoms with van der Waals surface area (Å²) in [6.07, 6.45) is 0.792. The van der Waals surface area contributed by atoms with Crippen LogP contribution in [-0.4, -0.2) is 17.3 Å². The van der Waals surface area contributed by atoms with Crippen LogP contribution >= 0.6 is 0 Å². The van der Waals surface area contributed by atoms with Crippen LogP contribution in [0.2, 0.25) is 0 Å². The zero-order valence-corrected chi connectivity index (χ0v) is 10.2. The monoisotopic (exact) mass is 220 g/mol. The maximum atomic E-state index is 9.65. The fourth-order valence-electron chi connectivity index (χ4n) is 2.14. The zero-order chi connectivity index (χ0) is 11.8. The van der Waals surface area contributed by atoms with Gasteiger partial charge in [0.15, 0.2) is 0 Å². The van der Waals surface area contributed by atoms with Crippen molar-refractivity contribution in [1.82, 2.24) is 0 Å². The normalized spacial score (nSPS) is 29.5. The van der Waals surface area contributed by atoms with E-state index in [1.54, 1.807) is 0 Å². The Morgan fingerprint density at radius 2 is 1.94 bits per heavy atom. The Hall–Kier alpha value is -0.860. The van der Waals surface area contributed by atoms with E-state index in [0.29, 0.717) is 0 Å². The molecule has 1 saturated carbocycles. The van der Waals surface area contributed by atoms with Crippen LogP contribution in [0.4, 0.5) is 0 Å². The van der Waals surface area contributed by atoms with Crippen molar-refractivity contribution >= 4 is 0 Å². The van der Waals surface area contributed by atoms with Gasteiger partial charge in [0, 0.05) is 11.8 Å². The lowest BCUT2D eigenvalue weighted by Gasteiger charge is -2.49. The Balaban J connectivity index is 1.97. The third-order valence-electron chi connectivity index (χ3n) is 3.76. The summed E-state index contributed by atoms with van der Waals surface area (Å²) in [5.41, 5.74) is 1.09. The van der Waals surface area contributed by atoms with Crippen LogP contribution in [0.1, 0.15) is 38.9 Å². The fraction of sp³-hybridized carbons (Fsp3) is 0.571. The van der Waals surface area contributed by atoms with Crippen LogP contribution in [-0.2, 0) is 4.74 Å². The minimum absolute atomic E-state index is 0.0953. The van der Waals surface area contributed by atoms with Crippen molar-refractivity contribution in [3.63, 3.8) is 0 Å². The first-order chi connectivity index (χ1) is 7.51. The van der Waals surface area contributed by atoms with Gasteiger partial charge in [-0.25, -0.2) is 0 Å². The molecule has 1 aromatic rings. The molecular weight excluding hydrogens is 200 g/mol. The summed E-state index contributed by atoms with van der Waals surface area (Å²) in [6, 6.07) is 10.2. The third-order valence-corrected chi connectivity index (χ3v) is 3.76. The number of hydrogen-bond acceptors (Lipinski definition) is 2. The SMILES string of the molecule is CC(OC1CC(O)C1(C)C)c1ccccc1. The molecule has 1 aliphatic rings. The molecule has 2 heteroatoms. The van der Waals surface area contributed by atoms with Gasteiger partial charge in [-0.3, -0.25) is 0 Å². The summed E-state index contributed by atoms with van der Waals surface area (Å²) in [7, 11) is 0. The number of aliphatic hydroxyl groups excluding tert-OH is 1. The van der Waals surface area contributed by atoms with Gasteiger partial charge in [-0.15, -0.1) is 0 Å². The lowest BCUT2D eigenvalue weighted by atomic mass is 9.66. The molecule has 0 heterocycles. The van der Waals surface area contributed by atoms with E-state index in [1.165, 1.54) is 5.56 Å². The van der Waals surface area contributed by atoms with Crippen LogP contribution in [0.15, 0.2) is 30.3 Å². The summed E-state index contributed by atoms with van der Waals surface area (Å²) in [5.74, 6) is 0. The first-order valence-electron chi connectivity index (χ1n) is 5.90. The Morgan fingerprint density at radius 1 is 1.31 bits per heavy atom. The van der Waals surface area contributed by atoms with E-state index < -0.39 is 0 Å². The Morgan fingerprint density at radius 3 is 2.44 bits per heavy atom. The number of hydrogen-bond donors (Lipinski definition) is 1. The van der Waals surface area contributed by atoms with Gasteiger partial charge >= 0.3 is 0 Å². The smallest absolute Gasteiger partial charge is 0.0800 e. The lowest BCUT2D eigenvalue weighted by Crippen LogP contribution is -2.54. The van der Waals surface area contributed by atoms with E-state index in [2.05, 4.69) is 32.9 Å². The summed E-state index contributed by atoms with van der Waals surface area (Å²) in [4.78, 5) is 0. The first-order valence-corrected chi connectivity index (χ1v) is 5.90. The molecule has 0 radical (unpaired) electrons. The summed E-state index contributed by atoms with van der Waals surface area (Å²) in [5, 5.41) is 9.65. The van der Waals surface area contributed by atoms with Crippen molar-refractivity contribution in [2.45, 2.75) is 45.5 Å². The minimum Gasteiger partial charge on any atom is -0.392 e. The maximum absolute atomic E-state index is 9.65. The molecule has 2 rings (SSSR count). The van der Waals surface area contributed by atoms with Crippen LogP contribution in [0, 0.1) is 5.41 Å². The highest BCUT2D eigenvalue weighted by atomic mass is 16.5. The van der Waals surface area contributed by atoms with Gasteiger partial charge in [-0.2, -0.15) is 0 Å². The van der Waals surface area contributed by atoms with E-state index in [-0.39, 0.29) is 23.7 Å². The van der Waals surface area contributed by atoms with Gasteiger partial charge in [0.05, 0.1) is 18.3 Å². The molecule has 0 aromatic heterocycles. The number of rotatable bonds is 3. The van der Waals surface area contributed by atoms with Crippen molar-refractivity contribution in [1.29, 1.82) is 0 Å². The van der Waals surface area contributed by atoms with Crippen molar-refractivity contribution in [3.05, 3.63) is 35.9 Å². The molecule has 1 fully saturated rings. The lowest BCUT2D eigenvalue weighted by molar-refractivity contribution is -0.193. The Labute approximate surface area is 97.3 Å². The molecule has 3 atom stereocenters. The van der Waals surface area contributed by atoms with Gasteiger partial charge in [-0.1, -0.05) is 44.2 Å². The molecule has 0 aliphatic heterocycles. The number of aliphatic hydroxyl groups is 1. The standard InChI is InChI=1S/C14H20O2/c1-10(11-7-5-4-6-8-11)16-13-9-12(15)14(13,2)3/h4-8,10,12-13,15H,9H2,1-3H3. The minimum atomic E-state index is -0.222. The van der Waals surface area contributed by atoms with E-state index in [1.807, 2.05) is 18.2 Å². The molecule has 0 amide bonds. The van der Waals surface area contributed by atoms with Crippen molar-refractivity contribution in [2.24, 2.45) is 5.41 Å². The number of ether oxygens (including phenoxy) is 1. The summed E-state index contributed by atoms with van der Waals surface area (Å²) in [6.45, 7) is 6.18. The predicted molar refractivity (Wildman–Crippen MR) is 64.1 cm³/mol. The van der Waals surface area contributed by atoms with Gasteiger partial charge in [-0.05, 0) is 12.5 Å². The highest BCUT2D eigenvalue weighted by Crippen LogP contribution is 2.44. The third kappa shape index (κ3) is 2.00. The van der Waals surface area contributed by atoms with Crippen molar-refractivity contribution < 1.29 is 9.84 Å². The molecule has 1 N–H and O–H groups in total. The van der Waals surface area contributed by atoms with E-state index in [4.69, 9.17) is 4.74 Å². The second-order valence-electron chi connectivity index (χ2n) is 5.25. The van der Waals surface area contributed by atoms with Gasteiger partial charge in [0.25, 0.3) is 0 Å². The van der Waals surface area contributed by atoms with E-state index in [9.17, 15) is 5.11 Å². The fourth-order valence-corrected chi connectivity index (χ4v) is 2.14. The van der Waals surface area contributed by atoms with Gasteiger partial charge < -0.3 is 9.84 Å². The van der Waals surface area contributed by atoms with E-state index >= 15 is 0 Å². The van der Waals surface area contributed by atoms with Crippen molar-refractivity contribution in [3.8, 4) is 0 Å². The van der Waals surface area contributed by atoms with Crippen molar-refractivity contribution in [2.75, 3.05) is 0 Å². The molecule has 0 saturated heterocycles. The van der Waals surface area contributed by atoms with Crippen LogP contribution in [0.5, 0.6) is 0 Å². The molecule has 1 aromatic carbocycles. The molecule has 3 unspecified atom stereocenters. The first kappa shape index (κ1) is 11.6. The predicted octanol–water partition coefficient (Wildman–Crippen LogP) is 2.92. The highest BCUT2D eigenvalue weighted by molar-refractivity contribution is 5.17. The Kier molecular flexibility index (Phi) is 3.04. The van der Waals surface area contributed by atoms with Crippen LogP contribution < -0.4 is 0 Å². The molecule has 0 spiro atoms. The topological polar surface area (TPSA) is 29.5 Å². The molecule has 0 bridgehead atoms. The summed E-state index contributed by atoms with van der Waals surface area (Å²) < 4.78 is 6.00. The Bertz CT molecular complexity index is 345. The summed E-state index contributed by atoms with van der Waals surface area (Å²) >= 11 is 0. The van der Waals surface area contributed by atoms with Gasteiger partial charge in [0.1, 0.15) is 0 Å². The molecule has 2 nitrogen and oxygen atoms in total. The number of benzene rings is 1. The van der Waals surface area contributed by atoms with Crippen LogP contribution in [0.3, 0.4) is 0 Å². The second kappa shape index (κ2) is 4.19. The van der Waals surface area contributed by atoms with E-state index in [0.717, 1.165) is 6.42 Å². The molecule has 88 valence electrons. The molecule has 1 aliphatic carbocycles. The quantitative estimate of drug-likeness (QED) is 0.848. The molecular formula is C14H20O2. The second-order valence-corrected chi connectivity index (χ2v) is 5.25. The average molecular weight is 220 g/mol. The van der Waals surface area contributed by atoms with Gasteiger partial charge in [0.2, 0.25) is 0 Å². The zero-order valence-electron chi connectivity index (χ0n) is 10.2. The molecule has 16 heavy (non-hydrogen) atoms. The highest BCUT2D eigenvalue weighted by Gasteiger charge is 2.48.